The normalized spacial score (nSPS) is 15.2. The van der Waals surface area contributed by atoms with Gasteiger partial charge in [-0.25, -0.2) is 0 Å². The Kier molecular flexibility index (Phi) is 4.96. The van der Waals surface area contributed by atoms with Gasteiger partial charge in [0.15, 0.2) is 0 Å². The zero-order chi connectivity index (χ0) is 10.6. The van der Waals surface area contributed by atoms with Crippen LogP contribution in [0.4, 0.5) is 0 Å². The predicted molar refractivity (Wildman–Crippen MR) is 52.8 cm³/mol. The van der Waals surface area contributed by atoms with Crippen molar-refractivity contribution in [3.63, 3.8) is 0 Å². The standard InChI is InChI=1S/C8H16NO3P/c1-5(2)7(10)9-8(6(3)4)13(11)12/h6,8,13H,1H2,2-4H3,(H,9,10)(H,11,12). The summed E-state index contributed by atoms with van der Waals surface area (Å²) in [4.78, 5) is 20.0. The monoisotopic (exact) mass is 205 g/mol. The Bertz CT molecular complexity index is 238. The molecule has 0 saturated carbocycles. The van der Waals surface area contributed by atoms with E-state index in [2.05, 4.69) is 11.9 Å². The Morgan fingerprint density at radius 3 is 2.23 bits per heavy atom. The van der Waals surface area contributed by atoms with Gasteiger partial charge in [-0.2, -0.15) is 0 Å². The smallest absolute Gasteiger partial charge is 0.246 e. The van der Waals surface area contributed by atoms with E-state index < -0.39 is 13.8 Å². The molecule has 2 atom stereocenters. The maximum atomic E-state index is 11.1. The minimum absolute atomic E-state index is 0.0558. The Morgan fingerprint density at radius 1 is 1.54 bits per heavy atom. The lowest BCUT2D eigenvalue weighted by molar-refractivity contribution is -0.117. The summed E-state index contributed by atoms with van der Waals surface area (Å²) in [6.07, 6.45) is 0. The number of hydrogen-bond donors (Lipinski definition) is 2. The zero-order valence-corrected chi connectivity index (χ0v) is 9.13. The average Bonchev–Trinajstić information content (AvgIpc) is 1.97. The third-order valence-electron chi connectivity index (χ3n) is 1.61. The summed E-state index contributed by atoms with van der Waals surface area (Å²) in [5.74, 6) is -1.08. The second-order valence-corrected chi connectivity index (χ2v) is 4.61. The van der Waals surface area contributed by atoms with Gasteiger partial charge in [0, 0.05) is 5.57 Å². The molecule has 0 aromatic heterocycles. The fourth-order valence-corrected chi connectivity index (χ4v) is 1.60. The molecule has 0 spiro atoms. The predicted octanol–water partition coefficient (Wildman–Crippen LogP) is 1.13. The Labute approximate surface area is 78.9 Å². The highest BCUT2D eigenvalue weighted by atomic mass is 31.1. The lowest BCUT2D eigenvalue weighted by Gasteiger charge is -2.18. The van der Waals surface area contributed by atoms with Crippen LogP contribution < -0.4 is 5.32 Å². The van der Waals surface area contributed by atoms with Crippen LogP contribution in [0.15, 0.2) is 12.2 Å². The maximum Gasteiger partial charge on any atom is 0.246 e. The van der Waals surface area contributed by atoms with Gasteiger partial charge in [-0.3, -0.25) is 9.36 Å². The van der Waals surface area contributed by atoms with Crippen LogP contribution in [0.25, 0.3) is 0 Å². The van der Waals surface area contributed by atoms with Gasteiger partial charge in [-0.05, 0) is 12.8 Å². The van der Waals surface area contributed by atoms with Gasteiger partial charge in [0.05, 0.1) is 0 Å². The highest BCUT2D eigenvalue weighted by Gasteiger charge is 2.20. The van der Waals surface area contributed by atoms with Crippen molar-refractivity contribution < 1.29 is 14.3 Å². The fourth-order valence-electron chi connectivity index (χ4n) is 0.778. The van der Waals surface area contributed by atoms with Crippen molar-refractivity contribution >= 4 is 13.9 Å². The van der Waals surface area contributed by atoms with E-state index in [0.29, 0.717) is 5.57 Å². The molecule has 2 N–H and O–H groups in total. The van der Waals surface area contributed by atoms with Crippen molar-refractivity contribution in [1.29, 1.82) is 0 Å². The lowest BCUT2D eigenvalue weighted by atomic mass is 10.2. The van der Waals surface area contributed by atoms with E-state index in [0.717, 1.165) is 0 Å². The lowest BCUT2D eigenvalue weighted by Crippen LogP contribution is -2.36. The quantitative estimate of drug-likeness (QED) is 0.534. The molecule has 0 fully saturated rings. The van der Waals surface area contributed by atoms with E-state index in [1.807, 2.05) is 0 Å². The topological polar surface area (TPSA) is 66.4 Å². The Hall–Kier alpha value is -0.600. The van der Waals surface area contributed by atoms with Gasteiger partial charge >= 0.3 is 0 Å². The van der Waals surface area contributed by atoms with Gasteiger partial charge in [-0.15, -0.1) is 0 Å². The summed E-state index contributed by atoms with van der Waals surface area (Å²) in [7, 11) is -2.72. The number of carbonyl (C=O) groups is 1. The molecule has 0 aromatic carbocycles. The molecule has 0 saturated heterocycles. The molecule has 0 rings (SSSR count). The van der Waals surface area contributed by atoms with E-state index in [1.54, 1.807) is 20.8 Å². The molecule has 13 heavy (non-hydrogen) atoms. The number of hydrogen-bond acceptors (Lipinski definition) is 2. The first-order valence-electron chi connectivity index (χ1n) is 4.05. The molecule has 0 aliphatic carbocycles. The van der Waals surface area contributed by atoms with E-state index in [-0.39, 0.29) is 11.8 Å². The molecule has 0 heterocycles. The summed E-state index contributed by atoms with van der Waals surface area (Å²) in [5.41, 5.74) is 0.342. The van der Waals surface area contributed by atoms with E-state index in [1.165, 1.54) is 0 Å². The first-order valence-corrected chi connectivity index (χ1v) is 5.48. The van der Waals surface area contributed by atoms with Crippen LogP contribution in [-0.4, -0.2) is 16.6 Å². The van der Waals surface area contributed by atoms with Crippen molar-refractivity contribution in [3.8, 4) is 0 Å². The van der Waals surface area contributed by atoms with Crippen LogP contribution >= 0.6 is 8.03 Å². The first-order chi connectivity index (χ1) is 5.86. The molecule has 0 aromatic rings. The zero-order valence-electron chi connectivity index (χ0n) is 8.13. The van der Waals surface area contributed by atoms with Crippen LogP contribution in [0.1, 0.15) is 20.8 Å². The van der Waals surface area contributed by atoms with Crippen molar-refractivity contribution in [2.24, 2.45) is 5.92 Å². The second-order valence-electron chi connectivity index (χ2n) is 3.31. The third kappa shape index (κ3) is 4.25. The summed E-state index contributed by atoms with van der Waals surface area (Å²) < 4.78 is 10.8. The second kappa shape index (κ2) is 5.20. The number of carbonyl (C=O) groups excluding carboxylic acids is 1. The van der Waals surface area contributed by atoms with Crippen LogP contribution in [-0.2, 0) is 9.36 Å². The van der Waals surface area contributed by atoms with Crippen molar-refractivity contribution in [1.82, 2.24) is 5.32 Å². The van der Waals surface area contributed by atoms with Gasteiger partial charge < -0.3 is 10.2 Å². The SMILES string of the molecule is C=C(C)C(=O)NC(C(C)C)[PH](=O)O. The van der Waals surface area contributed by atoms with E-state index >= 15 is 0 Å². The van der Waals surface area contributed by atoms with Crippen molar-refractivity contribution in [2.45, 2.75) is 26.6 Å². The van der Waals surface area contributed by atoms with Gasteiger partial charge in [0.25, 0.3) is 0 Å². The molecule has 76 valence electrons. The number of rotatable bonds is 4. The molecular formula is C8H16NO3P. The molecule has 5 heteroatoms. The summed E-state index contributed by atoms with van der Waals surface area (Å²) in [6, 6.07) is 0. The minimum atomic E-state index is -2.72. The van der Waals surface area contributed by atoms with Crippen LogP contribution in [0.3, 0.4) is 0 Å². The largest absolute Gasteiger partial charge is 0.345 e. The molecule has 0 bridgehead atoms. The maximum absolute atomic E-state index is 11.1. The minimum Gasteiger partial charge on any atom is -0.345 e. The van der Waals surface area contributed by atoms with Crippen LogP contribution in [0.2, 0.25) is 0 Å². The van der Waals surface area contributed by atoms with Crippen molar-refractivity contribution in [2.75, 3.05) is 0 Å². The summed E-state index contributed by atoms with van der Waals surface area (Å²) >= 11 is 0. The Balaban J connectivity index is 4.36. The van der Waals surface area contributed by atoms with E-state index in [4.69, 9.17) is 4.89 Å². The third-order valence-corrected chi connectivity index (χ3v) is 2.95. The van der Waals surface area contributed by atoms with Crippen LogP contribution in [0.5, 0.6) is 0 Å². The molecular weight excluding hydrogens is 189 g/mol. The molecule has 2 unspecified atom stereocenters. The number of amides is 1. The average molecular weight is 205 g/mol. The molecule has 0 aliphatic rings. The molecule has 4 nitrogen and oxygen atoms in total. The Morgan fingerprint density at radius 2 is 2.00 bits per heavy atom. The fraction of sp³-hybridized carbons (Fsp3) is 0.625. The molecule has 0 aliphatic heterocycles. The summed E-state index contributed by atoms with van der Waals surface area (Å²) in [6.45, 7) is 8.56. The highest BCUT2D eigenvalue weighted by Crippen LogP contribution is 2.26. The van der Waals surface area contributed by atoms with Gasteiger partial charge in [0.1, 0.15) is 5.78 Å². The number of nitrogens with one attached hydrogen (secondary N) is 1. The summed E-state index contributed by atoms with van der Waals surface area (Å²) in [5, 5.41) is 2.46. The van der Waals surface area contributed by atoms with E-state index in [9.17, 15) is 9.36 Å². The highest BCUT2D eigenvalue weighted by molar-refractivity contribution is 7.38. The van der Waals surface area contributed by atoms with Crippen molar-refractivity contribution in [3.05, 3.63) is 12.2 Å². The van der Waals surface area contributed by atoms with Gasteiger partial charge in [0.2, 0.25) is 13.9 Å². The first kappa shape index (κ1) is 12.4. The van der Waals surface area contributed by atoms with Gasteiger partial charge in [-0.1, -0.05) is 20.4 Å². The van der Waals surface area contributed by atoms with Crippen LogP contribution in [0, 0.1) is 5.92 Å². The molecule has 1 amide bonds. The molecule has 0 radical (unpaired) electrons.